The minimum Gasteiger partial charge on any atom is -0.353 e. The first-order valence-electron chi connectivity index (χ1n) is 8.06. The highest BCUT2D eigenvalue weighted by molar-refractivity contribution is 5.93. The Balaban J connectivity index is 5.20. The minimum absolute atomic E-state index is 0.0198. The molecule has 0 aliphatic carbocycles. The summed E-state index contributed by atoms with van der Waals surface area (Å²) >= 11 is 0. The van der Waals surface area contributed by atoms with Crippen LogP contribution in [0.25, 0.3) is 0 Å². The van der Waals surface area contributed by atoms with Crippen LogP contribution in [-0.2, 0) is 14.4 Å². The highest BCUT2D eigenvalue weighted by Crippen LogP contribution is 2.23. The number of nitrogens with one attached hydrogen (secondary N) is 1. The van der Waals surface area contributed by atoms with Crippen molar-refractivity contribution in [3.8, 4) is 0 Å². The molecule has 0 rings (SSSR count). The number of Topliss-reactive ketones (excluding diaryl/α,β-unsaturated/α-hetero) is 1. The van der Waals surface area contributed by atoms with Gasteiger partial charge >= 0.3 is 0 Å². The number of carbonyl (C=O) groups is 3. The Labute approximate surface area is 140 Å². The van der Waals surface area contributed by atoms with E-state index in [0.29, 0.717) is 19.5 Å². The van der Waals surface area contributed by atoms with Crippen LogP contribution >= 0.6 is 0 Å². The predicted molar refractivity (Wildman–Crippen MR) is 91.8 cm³/mol. The molecule has 0 bridgehead atoms. The average Bonchev–Trinajstić information content (AvgIpc) is 2.37. The van der Waals surface area contributed by atoms with Crippen LogP contribution in [0, 0.1) is 10.8 Å². The first kappa shape index (κ1) is 21.6. The van der Waals surface area contributed by atoms with Crippen molar-refractivity contribution >= 4 is 17.6 Å². The number of carbonyl (C=O) groups excluding carboxylic acids is 3. The second-order valence-electron chi connectivity index (χ2n) is 8.24. The van der Waals surface area contributed by atoms with Crippen molar-refractivity contribution in [1.82, 2.24) is 10.2 Å². The molecule has 0 fully saturated rings. The standard InChI is InChI=1S/C17H33N3O3/c1-16(2,3)11-12(21)10-13(14(22)19-9-8-18)20(7)15(23)17(4,5)6/h13H,8-11,18H2,1-7H3,(H,19,22)/t13-/m0/s1. The number of amides is 2. The van der Waals surface area contributed by atoms with Crippen LogP contribution in [0.2, 0.25) is 0 Å². The normalized spacial score (nSPS) is 13.4. The van der Waals surface area contributed by atoms with Crippen molar-refractivity contribution in [2.45, 2.75) is 60.4 Å². The quantitative estimate of drug-likeness (QED) is 0.738. The van der Waals surface area contributed by atoms with E-state index in [2.05, 4.69) is 5.32 Å². The molecule has 1 atom stereocenters. The Morgan fingerprint density at radius 3 is 2.00 bits per heavy atom. The molecule has 0 heterocycles. The summed E-state index contributed by atoms with van der Waals surface area (Å²) in [6.07, 6.45) is 0.386. The monoisotopic (exact) mass is 327 g/mol. The molecule has 0 aromatic heterocycles. The zero-order valence-electron chi connectivity index (χ0n) is 15.7. The molecule has 0 aromatic carbocycles. The number of nitrogens with two attached hydrogens (primary N) is 1. The van der Waals surface area contributed by atoms with Gasteiger partial charge in [-0.1, -0.05) is 41.5 Å². The molecule has 0 aromatic rings. The molecule has 6 nitrogen and oxygen atoms in total. The lowest BCUT2D eigenvalue weighted by Gasteiger charge is -2.32. The summed E-state index contributed by atoms with van der Waals surface area (Å²) in [5.74, 6) is -0.536. The lowest BCUT2D eigenvalue weighted by molar-refractivity contribution is -0.146. The van der Waals surface area contributed by atoms with Gasteiger partial charge in [0.2, 0.25) is 11.8 Å². The molecule has 23 heavy (non-hydrogen) atoms. The van der Waals surface area contributed by atoms with Crippen LogP contribution in [-0.4, -0.2) is 48.7 Å². The van der Waals surface area contributed by atoms with Crippen LogP contribution in [0.5, 0.6) is 0 Å². The van der Waals surface area contributed by atoms with Gasteiger partial charge in [0, 0.05) is 38.4 Å². The molecule has 0 spiro atoms. The van der Waals surface area contributed by atoms with Gasteiger partial charge in [0.15, 0.2) is 0 Å². The third-order valence-electron chi connectivity index (χ3n) is 3.32. The predicted octanol–water partition coefficient (Wildman–Crippen LogP) is 1.33. The summed E-state index contributed by atoms with van der Waals surface area (Å²) in [4.78, 5) is 38.5. The van der Waals surface area contributed by atoms with Crippen molar-refractivity contribution in [2.75, 3.05) is 20.1 Å². The Morgan fingerprint density at radius 1 is 1.09 bits per heavy atom. The largest absolute Gasteiger partial charge is 0.353 e. The van der Waals surface area contributed by atoms with Crippen molar-refractivity contribution in [3.05, 3.63) is 0 Å². The third-order valence-corrected chi connectivity index (χ3v) is 3.32. The van der Waals surface area contributed by atoms with Gasteiger partial charge in [0.1, 0.15) is 11.8 Å². The number of likely N-dealkylation sites (N-methyl/N-ethyl adjacent to an activating group) is 1. The van der Waals surface area contributed by atoms with Crippen molar-refractivity contribution in [2.24, 2.45) is 16.6 Å². The van der Waals surface area contributed by atoms with E-state index >= 15 is 0 Å². The molecular formula is C17H33N3O3. The smallest absolute Gasteiger partial charge is 0.243 e. The van der Waals surface area contributed by atoms with Crippen molar-refractivity contribution in [1.29, 1.82) is 0 Å². The number of hydrogen-bond acceptors (Lipinski definition) is 4. The van der Waals surface area contributed by atoms with E-state index in [1.807, 2.05) is 20.8 Å². The van der Waals surface area contributed by atoms with Crippen LogP contribution in [0.1, 0.15) is 54.4 Å². The van der Waals surface area contributed by atoms with Crippen LogP contribution in [0.4, 0.5) is 0 Å². The lowest BCUT2D eigenvalue weighted by atomic mass is 9.87. The topological polar surface area (TPSA) is 92.5 Å². The molecule has 134 valence electrons. The van der Waals surface area contributed by atoms with Gasteiger partial charge < -0.3 is 16.0 Å². The second-order valence-corrected chi connectivity index (χ2v) is 8.24. The first-order chi connectivity index (χ1) is 10.3. The minimum atomic E-state index is -0.803. The first-order valence-corrected chi connectivity index (χ1v) is 8.06. The molecule has 6 heteroatoms. The fourth-order valence-corrected chi connectivity index (χ4v) is 2.27. The maximum atomic E-state index is 12.5. The number of hydrogen-bond donors (Lipinski definition) is 2. The molecule has 3 N–H and O–H groups in total. The summed E-state index contributed by atoms with van der Waals surface area (Å²) in [5.41, 5.74) is 4.64. The molecule has 0 aliphatic heterocycles. The average molecular weight is 327 g/mol. The second kappa shape index (κ2) is 8.43. The zero-order chi connectivity index (χ0) is 18.4. The summed E-state index contributed by atoms with van der Waals surface area (Å²) in [7, 11) is 1.57. The lowest BCUT2D eigenvalue weighted by Crippen LogP contribution is -2.52. The van der Waals surface area contributed by atoms with Gasteiger partial charge in [-0.15, -0.1) is 0 Å². The Bertz CT molecular complexity index is 433. The van der Waals surface area contributed by atoms with E-state index in [-0.39, 0.29) is 29.4 Å². The van der Waals surface area contributed by atoms with Crippen LogP contribution in [0.15, 0.2) is 0 Å². The highest BCUT2D eigenvalue weighted by atomic mass is 16.2. The van der Waals surface area contributed by atoms with E-state index in [1.54, 1.807) is 27.8 Å². The highest BCUT2D eigenvalue weighted by Gasteiger charge is 2.34. The van der Waals surface area contributed by atoms with Gasteiger partial charge in [-0.3, -0.25) is 14.4 Å². The molecule has 0 unspecified atom stereocenters. The SMILES string of the molecule is CN(C(=O)C(C)(C)C)[C@@H](CC(=O)CC(C)(C)C)C(=O)NCCN. The molecule has 0 saturated carbocycles. The van der Waals surface area contributed by atoms with Crippen LogP contribution in [0.3, 0.4) is 0 Å². The van der Waals surface area contributed by atoms with E-state index in [1.165, 1.54) is 4.90 Å². The van der Waals surface area contributed by atoms with E-state index < -0.39 is 11.5 Å². The fourth-order valence-electron chi connectivity index (χ4n) is 2.27. The number of rotatable bonds is 7. The maximum absolute atomic E-state index is 12.5. The van der Waals surface area contributed by atoms with Crippen molar-refractivity contribution < 1.29 is 14.4 Å². The maximum Gasteiger partial charge on any atom is 0.243 e. The zero-order valence-corrected chi connectivity index (χ0v) is 15.7. The van der Waals surface area contributed by atoms with Gasteiger partial charge in [-0.05, 0) is 5.41 Å². The van der Waals surface area contributed by atoms with E-state index in [0.717, 1.165) is 0 Å². The molecular weight excluding hydrogens is 294 g/mol. The van der Waals surface area contributed by atoms with E-state index in [4.69, 9.17) is 5.73 Å². The summed E-state index contributed by atoms with van der Waals surface area (Å²) in [6.45, 7) is 11.9. The fraction of sp³-hybridized carbons (Fsp3) is 0.824. The molecule has 0 radical (unpaired) electrons. The summed E-state index contributed by atoms with van der Waals surface area (Å²) < 4.78 is 0. The van der Waals surface area contributed by atoms with E-state index in [9.17, 15) is 14.4 Å². The van der Waals surface area contributed by atoms with Crippen LogP contribution < -0.4 is 11.1 Å². The number of nitrogens with zero attached hydrogens (tertiary/aromatic N) is 1. The number of ketones is 1. The Hall–Kier alpha value is -1.43. The van der Waals surface area contributed by atoms with Gasteiger partial charge in [-0.25, -0.2) is 0 Å². The molecule has 0 saturated heterocycles. The van der Waals surface area contributed by atoms with Gasteiger partial charge in [0.05, 0.1) is 0 Å². The Morgan fingerprint density at radius 2 is 1.61 bits per heavy atom. The summed E-state index contributed by atoms with van der Waals surface area (Å²) in [6, 6.07) is -0.803. The summed E-state index contributed by atoms with van der Waals surface area (Å²) in [5, 5.41) is 2.68. The van der Waals surface area contributed by atoms with Gasteiger partial charge in [0.25, 0.3) is 0 Å². The van der Waals surface area contributed by atoms with Gasteiger partial charge in [-0.2, -0.15) is 0 Å². The van der Waals surface area contributed by atoms with Crippen molar-refractivity contribution in [3.63, 3.8) is 0 Å². The third kappa shape index (κ3) is 8.11. The molecule has 0 aliphatic rings. The Kier molecular flexibility index (Phi) is 7.91. The molecule has 2 amide bonds.